The third-order valence-electron chi connectivity index (χ3n) is 4.53. The van der Waals surface area contributed by atoms with Crippen LogP contribution >= 0.6 is 0 Å². The minimum absolute atomic E-state index is 0.529. The highest BCUT2D eigenvalue weighted by Crippen LogP contribution is 2.26. The monoisotopic (exact) mass is 348 g/mol. The molecule has 0 aliphatic rings. The minimum Gasteiger partial charge on any atom is -0.274 e. The third-order valence-corrected chi connectivity index (χ3v) is 7.82. The van der Waals surface area contributed by atoms with Crippen LogP contribution in [0.4, 0.5) is 0 Å². The summed E-state index contributed by atoms with van der Waals surface area (Å²) in [6.45, 7) is 6.25. The van der Waals surface area contributed by atoms with E-state index < -0.39 is 13.9 Å². The first-order valence-electron chi connectivity index (χ1n) is 8.56. The van der Waals surface area contributed by atoms with Gasteiger partial charge in [0.15, 0.2) is 0 Å². The molecule has 0 spiro atoms. The summed E-state index contributed by atoms with van der Waals surface area (Å²) in [5.41, 5.74) is 0.562. The van der Waals surface area contributed by atoms with Gasteiger partial charge in [-0.05, 0) is 36.3 Å². The largest absolute Gasteiger partial charge is 0.297 e. The van der Waals surface area contributed by atoms with Crippen LogP contribution in [0.2, 0.25) is 6.55 Å². The van der Waals surface area contributed by atoms with E-state index in [2.05, 4.69) is 67.2 Å². The van der Waals surface area contributed by atoms with Gasteiger partial charge in [-0.15, -0.1) is 0 Å². The summed E-state index contributed by atoms with van der Waals surface area (Å²) in [6, 6.07) is 30.9. The summed E-state index contributed by atoms with van der Waals surface area (Å²) in [6.07, 6.45) is 0. The molecule has 0 fully saturated rings. The first-order valence-corrected chi connectivity index (χ1v) is 11.0. The predicted octanol–water partition coefficient (Wildman–Crippen LogP) is 4.26. The Labute approximate surface area is 151 Å². The van der Waals surface area contributed by atoms with Gasteiger partial charge in [-0.1, -0.05) is 91.0 Å². The molecule has 0 aliphatic heterocycles. The zero-order chi connectivity index (χ0) is 17.8. The Balaban J connectivity index is 1.92. The van der Waals surface area contributed by atoms with E-state index in [1.807, 2.05) is 44.2 Å². The standard InChI is InChI=1S/C22H24O2Si/c1-22(2,19-13-7-4-8-14-19)23-24-25(3,20-15-9-5-10-16-20)21-17-11-6-12-18-21/h4-18H,1-3H3. The van der Waals surface area contributed by atoms with Gasteiger partial charge >= 0.3 is 0 Å². The van der Waals surface area contributed by atoms with E-state index in [1.54, 1.807) is 0 Å². The van der Waals surface area contributed by atoms with Gasteiger partial charge in [0.05, 0.1) is 0 Å². The molecule has 0 heterocycles. The molecule has 0 atom stereocenters. The van der Waals surface area contributed by atoms with Crippen LogP contribution in [0.5, 0.6) is 0 Å². The molecule has 0 radical (unpaired) electrons. The molecule has 3 aromatic rings. The number of benzene rings is 3. The molecule has 2 nitrogen and oxygen atoms in total. The van der Waals surface area contributed by atoms with Crippen LogP contribution < -0.4 is 10.4 Å². The summed E-state index contributed by atoms with van der Waals surface area (Å²) in [5, 5.41) is 2.37. The molecule has 3 aromatic carbocycles. The van der Waals surface area contributed by atoms with E-state index in [-0.39, 0.29) is 0 Å². The summed E-state index contributed by atoms with van der Waals surface area (Å²) in [4.78, 5) is 6.05. The number of hydrogen-bond acceptors (Lipinski definition) is 2. The Hall–Kier alpha value is -2.20. The second kappa shape index (κ2) is 7.36. The highest BCUT2D eigenvalue weighted by molar-refractivity contribution is 6.96. The van der Waals surface area contributed by atoms with Crippen LogP contribution in [-0.2, 0) is 15.1 Å². The van der Waals surface area contributed by atoms with Crippen molar-refractivity contribution in [2.24, 2.45) is 0 Å². The summed E-state index contributed by atoms with van der Waals surface area (Å²) in [7, 11) is -2.47. The van der Waals surface area contributed by atoms with Crippen molar-refractivity contribution in [3.8, 4) is 0 Å². The molecular weight excluding hydrogens is 324 g/mol. The Bertz CT molecular complexity index is 747. The van der Waals surface area contributed by atoms with E-state index in [1.165, 1.54) is 10.4 Å². The van der Waals surface area contributed by atoms with Crippen molar-refractivity contribution in [2.45, 2.75) is 26.0 Å². The first kappa shape index (κ1) is 17.6. The van der Waals surface area contributed by atoms with Gasteiger partial charge in [-0.3, -0.25) is 4.58 Å². The molecule has 0 bridgehead atoms. The molecular formula is C22H24O2Si. The average Bonchev–Trinajstić information content (AvgIpc) is 2.68. The van der Waals surface area contributed by atoms with Crippen LogP contribution in [0.15, 0.2) is 91.0 Å². The number of rotatable bonds is 6. The molecule has 0 amide bonds. The van der Waals surface area contributed by atoms with E-state index >= 15 is 0 Å². The molecule has 0 saturated heterocycles. The number of hydrogen-bond donors (Lipinski definition) is 0. The van der Waals surface area contributed by atoms with Gasteiger partial charge in [0, 0.05) is 0 Å². The third kappa shape index (κ3) is 3.90. The molecule has 0 N–H and O–H groups in total. The lowest BCUT2D eigenvalue weighted by atomic mass is 9.99. The van der Waals surface area contributed by atoms with Gasteiger partial charge < -0.3 is 0 Å². The van der Waals surface area contributed by atoms with Crippen molar-refractivity contribution in [3.63, 3.8) is 0 Å². The van der Waals surface area contributed by atoms with Gasteiger partial charge in [0.2, 0.25) is 0 Å². The molecule has 0 unspecified atom stereocenters. The summed E-state index contributed by atoms with van der Waals surface area (Å²) in [5.74, 6) is 0. The maximum Gasteiger partial charge on any atom is 0.297 e. The average molecular weight is 349 g/mol. The molecule has 0 aromatic heterocycles. The van der Waals surface area contributed by atoms with Crippen molar-refractivity contribution in [3.05, 3.63) is 96.6 Å². The van der Waals surface area contributed by atoms with E-state index in [0.29, 0.717) is 0 Å². The smallest absolute Gasteiger partial charge is 0.274 e. The Morgan fingerprint density at radius 2 is 1.04 bits per heavy atom. The highest BCUT2D eigenvalue weighted by atomic mass is 28.4. The minimum atomic E-state index is -2.47. The normalized spacial score (nSPS) is 12.1. The van der Waals surface area contributed by atoms with Crippen molar-refractivity contribution in [1.29, 1.82) is 0 Å². The van der Waals surface area contributed by atoms with Crippen LogP contribution in [0.1, 0.15) is 19.4 Å². The summed E-state index contributed by atoms with van der Waals surface area (Å²) < 4.78 is 6.26. The lowest BCUT2D eigenvalue weighted by Crippen LogP contribution is -2.59. The topological polar surface area (TPSA) is 18.5 Å². The van der Waals surface area contributed by atoms with Gasteiger partial charge in [-0.25, -0.2) is 4.89 Å². The summed E-state index contributed by atoms with van der Waals surface area (Å²) >= 11 is 0. The van der Waals surface area contributed by atoms with Crippen LogP contribution in [-0.4, -0.2) is 8.32 Å². The van der Waals surface area contributed by atoms with Crippen LogP contribution in [0.3, 0.4) is 0 Å². The second-order valence-electron chi connectivity index (χ2n) is 6.81. The lowest BCUT2D eigenvalue weighted by molar-refractivity contribution is -0.294. The van der Waals surface area contributed by atoms with Gasteiger partial charge in [0.1, 0.15) is 5.60 Å². The molecule has 3 heteroatoms. The maximum absolute atomic E-state index is 6.26. The van der Waals surface area contributed by atoms with E-state index in [4.69, 9.17) is 9.46 Å². The van der Waals surface area contributed by atoms with Gasteiger partial charge in [-0.2, -0.15) is 0 Å². The Morgan fingerprint density at radius 1 is 0.640 bits per heavy atom. The van der Waals surface area contributed by atoms with Crippen molar-refractivity contribution < 1.29 is 9.46 Å². The fourth-order valence-corrected chi connectivity index (χ4v) is 5.41. The SMILES string of the molecule is CC(C)(OO[Si](C)(c1ccccc1)c1ccccc1)c1ccccc1. The van der Waals surface area contributed by atoms with E-state index in [0.717, 1.165) is 5.56 Å². The quantitative estimate of drug-likeness (QED) is 0.376. The molecule has 3 rings (SSSR count). The molecule has 25 heavy (non-hydrogen) atoms. The zero-order valence-electron chi connectivity index (χ0n) is 15.0. The van der Waals surface area contributed by atoms with Crippen molar-refractivity contribution in [2.75, 3.05) is 0 Å². The Morgan fingerprint density at radius 3 is 1.48 bits per heavy atom. The Kier molecular flexibility index (Phi) is 5.18. The van der Waals surface area contributed by atoms with Gasteiger partial charge in [0.25, 0.3) is 8.32 Å². The van der Waals surface area contributed by atoms with Crippen molar-refractivity contribution >= 4 is 18.7 Å². The first-order chi connectivity index (χ1) is 12.0. The fourth-order valence-electron chi connectivity index (χ4n) is 2.85. The maximum atomic E-state index is 6.26. The van der Waals surface area contributed by atoms with Crippen LogP contribution in [0.25, 0.3) is 0 Å². The molecule has 0 saturated carbocycles. The van der Waals surface area contributed by atoms with Crippen molar-refractivity contribution in [1.82, 2.24) is 0 Å². The van der Waals surface area contributed by atoms with E-state index in [9.17, 15) is 0 Å². The zero-order valence-corrected chi connectivity index (χ0v) is 16.0. The predicted molar refractivity (Wildman–Crippen MR) is 105 cm³/mol. The van der Waals surface area contributed by atoms with Crippen LogP contribution in [0, 0.1) is 0 Å². The highest BCUT2D eigenvalue weighted by Gasteiger charge is 2.38. The lowest BCUT2D eigenvalue weighted by Gasteiger charge is -2.32. The fraction of sp³-hybridized carbons (Fsp3) is 0.182. The molecule has 0 aliphatic carbocycles. The second-order valence-corrected chi connectivity index (χ2v) is 10.2. The molecule has 128 valence electrons.